The standard InChI is InChI=1S/C25H31N3OS/c1-3-17-28(19-16-21-11-6-4-7-12-21)18-10-15-23-24(22-13-8-5-9-14-22)27-25(30-23)26-20(2)29/h4-9,11-14H,3,10,15-19H2,1-2H3,(H,26,27,29). The SMILES string of the molecule is CCCN(CCCc1sc(NC(C)=O)nc1-c1ccccc1)CCc1ccccc1. The summed E-state index contributed by atoms with van der Waals surface area (Å²) < 4.78 is 0. The molecule has 1 N–H and O–H groups in total. The molecule has 30 heavy (non-hydrogen) atoms. The van der Waals surface area contributed by atoms with E-state index in [4.69, 9.17) is 4.98 Å². The van der Waals surface area contributed by atoms with Crippen LogP contribution in [0.3, 0.4) is 0 Å². The number of rotatable bonds is 11. The maximum Gasteiger partial charge on any atom is 0.223 e. The average Bonchev–Trinajstić information content (AvgIpc) is 3.15. The van der Waals surface area contributed by atoms with E-state index < -0.39 is 0 Å². The number of carbonyl (C=O) groups is 1. The fourth-order valence-corrected chi connectivity index (χ4v) is 4.67. The quantitative estimate of drug-likeness (QED) is 0.435. The summed E-state index contributed by atoms with van der Waals surface area (Å²) in [5, 5.41) is 3.54. The molecule has 5 heteroatoms. The molecule has 0 aliphatic carbocycles. The second kappa shape index (κ2) is 11.6. The Morgan fingerprint density at radius 3 is 2.33 bits per heavy atom. The second-order valence-electron chi connectivity index (χ2n) is 7.52. The molecule has 0 bridgehead atoms. The first kappa shape index (κ1) is 22.2. The van der Waals surface area contributed by atoms with E-state index in [2.05, 4.69) is 59.6 Å². The fourth-order valence-electron chi connectivity index (χ4n) is 3.59. The number of nitrogens with zero attached hydrogens (tertiary/aromatic N) is 2. The first-order valence-electron chi connectivity index (χ1n) is 10.7. The van der Waals surface area contributed by atoms with E-state index in [1.54, 1.807) is 11.3 Å². The van der Waals surface area contributed by atoms with E-state index in [0.29, 0.717) is 5.13 Å². The lowest BCUT2D eigenvalue weighted by molar-refractivity contribution is -0.114. The maximum atomic E-state index is 11.5. The highest BCUT2D eigenvalue weighted by atomic mass is 32.1. The van der Waals surface area contributed by atoms with Gasteiger partial charge in [0.05, 0.1) is 5.69 Å². The van der Waals surface area contributed by atoms with Gasteiger partial charge in [-0.05, 0) is 44.3 Å². The van der Waals surface area contributed by atoms with Gasteiger partial charge in [0, 0.05) is 23.9 Å². The fraction of sp³-hybridized carbons (Fsp3) is 0.360. The first-order chi connectivity index (χ1) is 14.7. The zero-order chi connectivity index (χ0) is 21.2. The Kier molecular flexibility index (Phi) is 8.60. The van der Waals surface area contributed by atoms with E-state index in [1.807, 2.05) is 18.2 Å². The summed E-state index contributed by atoms with van der Waals surface area (Å²) in [4.78, 5) is 20.0. The van der Waals surface area contributed by atoms with Crippen LogP contribution in [0.1, 0.15) is 37.1 Å². The van der Waals surface area contributed by atoms with Gasteiger partial charge in [0.1, 0.15) is 0 Å². The molecule has 3 aromatic rings. The van der Waals surface area contributed by atoms with Gasteiger partial charge in [-0.2, -0.15) is 0 Å². The Labute approximate surface area is 184 Å². The topological polar surface area (TPSA) is 45.2 Å². The second-order valence-corrected chi connectivity index (χ2v) is 8.60. The molecule has 0 radical (unpaired) electrons. The normalized spacial score (nSPS) is 11.0. The highest BCUT2D eigenvalue weighted by molar-refractivity contribution is 7.16. The van der Waals surface area contributed by atoms with Crippen molar-refractivity contribution in [1.82, 2.24) is 9.88 Å². The zero-order valence-corrected chi connectivity index (χ0v) is 18.8. The summed E-state index contributed by atoms with van der Waals surface area (Å²) in [6, 6.07) is 20.9. The summed E-state index contributed by atoms with van der Waals surface area (Å²) in [6.45, 7) is 7.05. The number of thiazole rings is 1. The molecule has 1 amide bonds. The molecule has 0 aliphatic rings. The number of hydrogen-bond donors (Lipinski definition) is 1. The van der Waals surface area contributed by atoms with E-state index >= 15 is 0 Å². The van der Waals surface area contributed by atoms with Crippen LogP contribution in [-0.4, -0.2) is 35.4 Å². The molecule has 158 valence electrons. The molecular formula is C25H31N3OS. The van der Waals surface area contributed by atoms with Crippen LogP contribution in [0.15, 0.2) is 60.7 Å². The van der Waals surface area contributed by atoms with Gasteiger partial charge >= 0.3 is 0 Å². The number of carbonyl (C=O) groups excluding carboxylic acids is 1. The molecule has 1 aromatic heterocycles. The van der Waals surface area contributed by atoms with Gasteiger partial charge in [-0.25, -0.2) is 4.98 Å². The lowest BCUT2D eigenvalue weighted by Crippen LogP contribution is -2.28. The lowest BCUT2D eigenvalue weighted by atomic mass is 10.1. The van der Waals surface area contributed by atoms with Gasteiger partial charge in [-0.3, -0.25) is 4.79 Å². The van der Waals surface area contributed by atoms with Crippen molar-refractivity contribution >= 4 is 22.4 Å². The van der Waals surface area contributed by atoms with Crippen molar-refractivity contribution in [3.8, 4) is 11.3 Å². The Morgan fingerprint density at radius 2 is 1.67 bits per heavy atom. The first-order valence-corrected chi connectivity index (χ1v) is 11.6. The molecule has 0 unspecified atom stereocenters. The van der Waals surface area contributed by atoms with Gasteiger partial charge in [-0.15, -0.1) is 11.3 Å². The number of aryl methyl sites for hydroxylation is 1. The average molecular weight is 422 g/mol. The van der Waals surface area contributed by atoms with Crippen LogP contribution < -0.4 is 5.32 Å². The Balaban J connectivity index is 1.62. The molecule has 0 saturated carbocycles. The zero-order valence-electron chi connectivity index (χ0n) is 17.9. The third kappa shape index (κ3) is 6.78. The Hall–Kier alpha value is -2.50. The van der Waals surface area contributed by atoms with Crippen molar-refractivity contribution < 1.29 is 4.79 Å². The molecule has 0 atom stereocenters. The maximum absolute atomic E-state index is 11.5. The van der Waals surface area contributed by atoms with Crippen molar-refractivity contribution in [1.29, 1.82) is 0 Å². The minimum atomic E-state index is -0.0788. The lowest BCUT2D eigenvalue weighted by Gasteiger charge is -2.21. The van der Waals surface area contributed by atoms with Crippen LogP contribution in [0.25, 0.3) is 11.3 Å². The Bertz CT molecular complexity index is 909. The molecule has 3 rings (SSSR count). The van der Waals surface area contributed by atoms with Crippen LogP contribution in [0.5, 0.6) is 0 Å². The number of aromatic nitrogens is 1. The van der Waals surface area contributed by atoms with Gasteiger partial charge < -0.3 is 10.2 Å². The van der Waals surface area contributed by atoms with Gasteiger partial charge in [0.15, 0.2) is 5.13 Å². The third-order valence-electron chi connectivity index (χ3n) is 5.01. The highest BCUT2D eigenvalue weighted by Crippen LogP contribution is 2.32. The van der Waals surface area contributed by atoms with Crippen LogP contribution in [0.2, 0.25) is 0 Å². The van der Waals surface area contributed by atoms with Crippen LogP contribution >= 0.6 is 11.3 Å². The molecular weight excluding hydrogens is 390 g/mol. The smallest absolute Gasteiger partial charge is 0.223 e. The minimum absolute atomic E-state index is 0.0788. The van der Waals surface area contributed by atoms with Crippen molar-refractivity contribution in [2.75, 3.05) is 25.0 Å². The predicted octanol–water partition coefficient (Wildman–Crippen LogP) is 5.66. The molecule has 2 aromatic carbocycles. The van der Waals surface area contributed by atoms with Crippen LogP contribution in [0.4, 0.5) is 5.13 Å². The van der Waals surface area contributed by atoms with Crippen LogP contribution in [0, 0.1) is 0 Å². The van der Waals surface area contributed by atoms with Crippen molar-refractivity contribution in [2.24, 2.45) is 0 Å². The number of hydrogen-bond acceptors (Lipinski definition) is 4. The summed E-state index contributed by atoms with van der Waals surface area (Å²) in [7, 11) is 0. The van der Waals surface area contributed by atoms with Crippen molar-refractivity contribution in [3.63, 3.8) is 0 Å². The summed E-state index contributed by atoms with van der Waals surface area (Å²) in [6.07, 6.45) is 4.30. The third-order valence-corrected chi connectivity index (χ3v) is 6.04. The van der Waals surface area contributed by atoms with E-state index in [-0.39, 0.29) is 5.91 Å². The molecule has 1 heterocycles. The highest BCUT2D eigenvalue weighted by Gasteiger charge is 2.14. The molecule has 0 aliphatic heterocycles. The van der Waals surface area contributed by atoms with E-state index in [0.717, 1.165) is 56.6 Å². The summed E-state index contributed by atoms with van der Waals surface area (Å²) in [5.74, 6) is -0.0788. The molecule has 4 nitrogen and oxygen atoms in total. The number of nitrogens with one attached hydrogen (secondary N) is 1. The summed E-state index contributed by atoms with van der Waals surface area (Å²) >= 11 is 1.60. The number of amides is 1. The van der Waals surface area contributed by atoms with E-state index in [9.17, 15) is 4.79 Å². The predicted molar refractivity (Wildman–Crippen MR) is 127 cm³/mol. The minimum Gasteiger partial charge on any atom is -0.303 e. The number of benzene rings is 2. The molecule has 0 fully saturated rings. The Morgan fingerprint density at radius 1 is 0.967 bits per heavy atom. The van der Waals surface area contributed by atoms with E-state index in [1.165, 1.54) is 17.4 Å². The van der Waals surface area contributed by atoms with Crippen LogP contribution in [-0.2, 0) is 17.6 Å². The molecule has 0 spiro atoms. The van der Waals surface area contributed by atoms with Crippen molar-refractivity contribution in [2.45, 2.75) is 39.5 Å². The van der Waals surface area contributed by atoms with Gasteiger partial charge in [-0.1, -0.05) is 67.6 Å². The largest absolute Gasteiger partial charge is 0.303 e. The monoisotopic (exact) mass is 421 g/mol. The van der Waals surface area contributed by atoms with Gasteiger partial charge in [0.25, 0.3) is 0 Å². The van der Waals surface area contributed by atoms with Crippen molar-refractivity contribution in [3.05, 3.63) is 71.1 Å². The summed E-state index contributed by atoms with van der Waals surface area (Å²) in [5.41, 5.74) is 3.50. The van der Waals surface area contributed by atoms with Gasteiger partial charge in [0.2, 0.25) is 5.91 Å². The molecule has 0 saturated heterocycles. The number of anilines is 1.